The maximum atomic E-state index is 3.58. The molecule has 5 rings (SSSR count). The molecule has 0 spiro atoms. The van der Waals surface area contributed by atoms with Gasteiger partial charge in [-0.3, -0.25) is 0 Å². The number of hydrogen-bond acceptors (Lipinski definition) is 0. The summed E-state index contributed by atoms with van der Waals surface area (Å²) in [6.07, 6.45) is 8.93. The SMILES string of the molecule is C/C=C\CCC(C)(C)C1(c2c[nH]c3ccccc23)c2ccccc2-c2ccccc21. The van der Waals surface area contributed by atoms with Crippen LogP contribution >= 0.6 is 0 Å². The maximum Gasteiger partial charge on any atom is 0.0535 e. The molecule has 0 aliphatic heterocycles. The summed E-state index contributed by atoms with van der Waals surface area (Å²) in [7, 11) is 0. The first-order chi connectivity index (χ1) is 14.6. The summed E-state index contributed by atoms with van der Waals surface area (Å²) >= 11 is 0. The lowest BCUT2D eigenvalue weighted by atomic mass is 9.55. The van der Waals surface area contributed by atoms with Crippen LogP contribution in [0.4, 0.5) is 0 Å². The molecule has 1 nitrogen and oxygen atoms in total. The number of allylic oxidation sites excluding steroid dienone is 2. The van der Waals surface area contributed by atoms with Gasteiger partial charge in [0, 0.05) is 17.1 Å². The van der Waals surface area contributed by atoms with E-state index in [0.29, 0.717) is 0 Å². The van der Waals surface area contributed by atoms with E-state index < -0.39 is 0 Å². The number of hydrogen-bond donors (Lipinski definition) is 1. The lowest BCUT2D eigenvalue weighted by Gasteiger charge is -2.46. The van der Waals surface area contributed by atoms with Crippen molar-refractivity contribution in [2.75, 3.05) is 0 Å². The maximum absolute atomic E-state index is 3.58. The van der Waals surface area contributed by atoms with Gasteiger partial charge in [0.1, 0.15) is 0 Å². The monoisotopic (exact) mass is 391 g/mol. The summed E-state index contributed by atoms with van der Waals surface area (Å²) in [5, 5.41) is 1.32. The second kappa shape index (κ2) is 7.02. The van der Waals surface area contributed by atoms with E-state index in [1.807, 2.05) is 0 Å². The van der Waals surface area contributed by atoms with Gasteiger partial charge in [-0.25, -0.2) is 0 Å². The predicted octanol–water partition coefficient (Wildman–Crippen LogP) is 7.87. The molecule has 30 heavy (non-hydrogen) atoms. The Morgan fingerprint density at radius 2 is 1.40 bits per heavy atom. The molecular weight excluding hydrogens is 362 g/mol. The van der Waals surface area contributed by atoms with Crippen molar-refractivity contribution < 1.29 is 0 Å². The quantitative estimate of drug-likeness (QED) is 0.333. The normalized spacial score (nSPS) is 14.9. The van der Waals surface area contributed by atoms with Crippen molar-refractivity contribution in [2.45, 2.75) is 39.0 Å². The Balaban J connectivity index is 1.90. The van der Waals surface area contributed by atoms with E-state index in [9.17, 15) is 0 Å². The van der Waals surface area contributed by atoms with Gasteiger partial charge in [0.25, 0.3) is 0 Å². The van der Waals surface area contributed by atoms with E-state index in [-0.39, 0.29) is 10.8 Å². The molecule has 1 N–H and O–H groups in total. The molecule has 0 amide bonds. The van der Waals surface area contributed by atoms with Crippen molar-refractivity contribution in [3.05, 3.63) is 108 Å². The van der Waals surface area contributed by atoms with Crippen LogP contribution in [0.15, 0.2) is 91.1 Å². The molecule has 1 aliphatic carbocycles. The van der Waals surface area contributed by atoms with Crippen LogP contribution in [0.2, 0.25) is 0 Å². The molecule has 0 bridgehead atoms. The minimum absolute atomic E-state index is 0.0141. The number of aromatic amines is 1. The van der Waals surface area contributed by atoms with Gasteiger partial charge in [-0.15, -0.1) is 0 Å². The minimum atomic E-state index is -0.207. The van der Waals surface area contributed by atoms with Crippen LogP contribution in [0.25, 0.3) is 22.0 Å². The molecule has 0 atom stereocenters. The van der Waals surface area contributed by atoms with Gasteiger partial charge in [-0.1, -0.05) is 92.7 Å². The Morgan fingerprint density at radius 1 is 0.800 bits per heavy atom. The highest BCUT2D eigenvalue weighted by molar-refractivity contribution is 5.91. The topological polar surface area (TPSA) is 15.8 Å². The third-order valence-electron chi connectivity index (χ3n) is 7.13. The summed E-state index contributed by atoms with van der Waals surface area (Å²) in [5.74, 6) is 0. The van der Waals surface area contributed by atoms with Gasteiger partial charge in [0.2, 0.25) is 0 Å². The number of rotatable bonds is 5. The van der Waals surface area contributed by atoms with Crippen molar-refractivity contribution >= 4 is 10.9 Å². The largest absolute Gasteiger partial charge is 0.361 e. The number of para-hydroxylation sites is 1. The van der Waals surface area contributed by atoms with E-state index in [4.69, 9.17) is 0 Å². The van der Waals surface area contributed by atoms with Crippen molar-refractivity contribution in [2.24, 2.45) is 5.41 Å². The molecule has 1 aliphatic rings. The summed E-state index contributed by atoms with van der Waals surface area (Å²) in [6, 6.07) is 26.8. The van der Waals surface area contributed by atoms with Crippen molar-refractivity contribution in [3.8, 4) is 11.1 Å². The molecule has 0 unspecified atom stereocenters. The zero-order chi connectivity index (χ0) is 20.8. The predicted molar refractivity (Wildman–Crippen MR) is 128 cm³/mol. The lowest BCUT2D eigenvalue weighted by molar-refractivity contribution is 0.228. The molecule has 1 heterocycles. The van der Waals surface area contributed by atoms with E-state index in [0.717, 1.165) is 12.8 Å². The van der Waals surface area contributed by atoms with Crippen LogP contribution in [0.3, 0.4) is 0 Å². The van der Waals surface area contributed by atoms with Crippen LogP contribution in [-0.4, -0.2) is 4.98 Å². The molecule has 1 aromatic heterocycles. The van der Waals surface area contributed by atoms with Crippen LogP contribution in [0.5, 0.6) is 0 Å². The van der Waals surface area contributed by atoms with E-state index in [2.05, 4.69) is 117 Å². The molecule has 150 valence electrons. The highest BCUT2D eigenvalue weighted by atomic mass is 14.7. The Labute approximate surface area is 179 Å². The molecule has 1 heteroatoms. The minimum Gasteiger partial charge on any atom is -0.361 e. The van der Waals surface area contributed by atoms with Gasteiger partial charge < -0.3 is 4.98 Å². The lowest BCUT2D eigenvalue weighted by Crippen LogP contribution is -2.42. The number of nitrogens with one attached hydrogen (secondary N) is 1. The number of aromatic nitrogens is 1. The van der Waals surface area contributed by atoms with E-state index >= 15 is 0 Å². The summed E-state index contributed by atoms with van der Waals surface area (Å²) in [4.78, 5) is 3.58. The van der Waals surface area contributed by atoms with Crippen LogP contribution in [0, 0.1) is 5.41 Å². The smallest absolute Gasteiger partial charge is 0.0535 e. The average molecular weight is 392 g/mol. The van der Waals surface area contributed by atoms with Crippen LogP contribution < -0.4 is 0 Å². The van der Waals surface area contributed by atoms with Gasteiger partial charge in [-0.05, 0) is 59.1 Å². The third-order valence-corrected chi connectivity index (χ3v) is 7.13. The molecule has 4 aromatic rings. The standard InChI is InChI=1S/C29H29N/c1-4-5-12-19-28(2,3)29(26-20-30-27-18-11-8-15-23(26)27)24-16-9-6-13-21(24)22-14-7-10-17-25(22)29/h4-11,13-18,20,30H,12,19H2,1-3H3/b5-4-. The number of H-pyrrole nitrogens is 1. The van der Waals surface area contributed by atoms with Crippen molar-refractivity contribution in [1.82, 2.24) is 4.98 Å². The second-order valence-electron chi connectivity index (χ2n) is 9.08. The second-order valence-corrected chi connectivity index (χ2v) is 9.08. The Morgan fingerprint density at radius 3 is 2.07 bits per heavy atom. The molecular formula is C29H29N. The fourth-order valence-electron chi connectivity index (χ4n) is 5.80. The van der Waals surface area contributed by atoms with E-state index in [1.54, 1.807) is 0 Å². The highest BCUT2D eigenvalue weighted by Crippen LogP contribution is 2.62. The first-order valence-corrected chi connectivity index (χ1v) is 11.0. The van der Waals surface area contributed by atoms with Gasteiger partial charge in [0.05, 0.1) is 5.41 Å². The van der Waals surface area contributed by atoms with Crippen LogP contribution in [0.1, 0.15) is 50.3 Å². The van der Waals surface area contributed by atoms with Gasteiger partial charge in [0.15, 0.2) is 0 Å². The first kappa shape index (κ1) is 18.9. The number of fused-ring (bicyclic) bond motifs is 4. The Bertz CT molecular complexity index is 1190. The van der Waals surface area contributed by atoms with Crippen molar-refractivity contribution in [3.63, 3.8) is 0 Å². The average Bonchev–Trinajstić information content (AvgIpc) is 3.32. The number of benzene rings is 3. The van der Waals surface area contributed by atoms with Gasteiger partial charge in [-0.2, -0.15) is 0 Å². The van der Waals surface area contributed by atoms with Gasteiger partial charge >= 0.3 is 0 Å². The Kier molecular flexibility index (Phi) is 4.43. The van der Waals surface area contributed by atoms with Crippen LogP contribution in [-0.2, 0) is 5.41 Å². The molecule has 3 aromatic carbocycles. The zero-order valence-electron chi connectivity index (χ0n) is 18.1. The Hall–Kier alpha value is -3.06. The fraction of sp³-hybridized carbons (Fsp3) is 0.241. The molecule has 0 radical (unpaired) electrons. The highest BCUT2D eigenvalue weighted by Gasteiger charge is 2.54. The molecule has 0 fully saturated rings. The zero-order valence-corrected chi connectivity index (χ0v) is 18.1. The van der Waals surface area contributed by atoms with E-state index in [1.165, 1.54) is 38.7 Å². The van der Waals surface area contributed by atoms with Crippen molar-refractivity contribution in [1.29, 1.82) is 0 Å². The summed E-state index contributed by atoms with van der Waals surface area (Å²) < 4.78 is 0. The third kappa shape index (κ3) is 2.48. The first-order valence-electron chi connectivity index (χ1n) is 11.0. The summed E-state index contributed by atoms with van der Waals surface area (Å²) in [6.45, 7) is 7.02. The molecule has 0 saturated heterocycles. The fourth-order valence-corrected chi connectivity index (χ4v) is 5.80. The summed E-state index contributed by atoms with van der Waals surface area (Å²) in [5.41, 5.74) is 8.01. The molecule has 0 saturated carbocycles.